The Morgan fingerprint density at radius 2 is 1.93 bits per heavy atom. The van der Waals surface area contributed by atoms with Crippen molar-refractivity contribution in [2.75, 3.05) is 38.0 Å². The SMILES string of the molecule is Cc1cccc(C(C)C)c1NC(=O)C[NH+]1CCN(C(=O)c2ccco2)CC1. The maximum absolute atomic E-state index is 12.6. The molecular formula is C21H28N3O3+. The summed E-state index contributed by atoms with van der Waals surface area (Å²) in [5.74, 6) is 0.665. The molecule has 144 valence electrons. The summed E-state index contributed by atoms with van der Waals surface area (Å²) in [4.78, 5) is 27.9. The summed E-state index contributed by atoms with van der Waals surface area (Å²) in [5, 5.41) is 3.11. The molecule has 27 heavy (non-hydrogen) atoms. The van der Waals surface area contributed by atoms with Gasteiger partial charge in [0.05, 0.1) is 32.4 Å². The van der Waals surface area contributed by atoms with Crippen molar-refractivity contribution < 1.29 is 18.9 Å². The highest BCUT2D eigenvalue weighted by Crippen LogP contribution is 2.27. The number of para-hydroxylation sites is 1. The van der Waals surface area contributed by atoms with Crippen LogP contribution in [0, 0.1) is 6.92 Å². The Balaban J connectivity index is 1.54. The zero-order valence-corrected chi connectivity index (χ0v) is 16.2. The van der Waals surface area contributed by atoms with Crippen molar-refractivity contribution in [2.24, 2.45) is 0 Å². The zero-order valence-electron chi connectivity index (χ0n) is 16.2. The van der Waals surface area contributed by atoms with Crippen LogP contribution in [0.4, 0.5) is 5.69 Å². The number of anilines is 1. The Labute approximate surface area is 160 Å². The first kappa shape index (κ1) is 19.2. The van der Waals surface area contributed by atoms with E-state index in [1.54, 1.807) is 17.0 Å². The van der Waals surface area contributed by atoms with Gasteiger partial charge in [-0.15, -0.1) is 0 Å². The van der Waals surface area contributed by atoms with E-state index < -0.39 is 0 Å². The lowest BCUT2D eigenvalue weighted by Gasteiger charge is -2.31. The van der Waals surface area contributed by atoms with Crippen LogP contribution in [0.25, 0.3) is 0 Å². The molecule has 1 aliphatic rings. The van der Waals surface area contributed by atoms with Gasteiger partial charge in [-0.3, -0.25) is 9.59 Å². The molecule has 0 atom stereocenters. The fraction of sp³-hybridized carbons (Fsp3) is 0.429. The van der Waals surface area contributed by atoms with Gasteiger partial charge in [0.2, 0.25) is 0 Å². The number of rotatable bonds is 5. The molecule has 1 aromatic heterocycles. The van der Waals surface area contributed by atoms with Crippen molar-refractivity contribution in [1.82, 2.24) is 4.90 Å². The molecule has 2 N–H and O–H groups in total. The lowest BCUT2D eigenvalue weighted by molar-refractivity contribution is -0.895. The number of quaternary nitrogens is 1. The van der Waals surface area contributed by atoms with Crippen molar-refractivity contribution in [3.05, 3.63) is 53.5 Å². The van der Waals surface area contributed by atoms with E-state index >= 15 is 0 Å². The second-order valence-corrected chi connectivity index (χ2v) is 7.44. The summed E-state index contributed by atoms with van der Waals surface area (Å²) in [7, 11) is 0. The van der Waals surface area contributed by atoms with Crippen LogP contribution in [0.5, 0.6) is 0 Å². The predicted molar refractivity (Wildman–Crippen MR) is 104 cm³/mol. The Morgan fingerprint density at radius 1 is 1.19 bits per heavy atom. The van der Waals surface area contributed by atoms with Crippen LogP contribution >= 0.6 is 0 Å². The molecule has 2 aromatic rings. The number of hydrogen-bond donors (Lipinski definition) is 2. The van der Waals surface area contributed by atoms with Gasteiger partial charge in [-0.1, -0.05) is 32.0 Å². The first-order valence-corrected chi connectivity index (χ1v) is 9.51. The molecule has 1 aromatic carbocycles. The molecule has 0 saturated carbocycles. The number of benzene rings is 1. The second-order valence-electron chi connectivity index (χ2n) is 7.44. The molecule has 0 radical (unpaired) electrons. The Morgan fingerprint density at radius 3 is 2.56 bits per heavy atom. The fourth-order valence-corrected chi connectivity index (χ4v) is 3.51. The zero-order chi connectivity index (χ0) is 19.4. The molecular weight excluding hydrogens is 342 g/mol. The minimum Gasteiger partial charge on any atom is -0.459 e. The third-order valence-electron chi connectivity index (χ3n) is 5.09. The summed E-state index contributed by atoms with van der Waals surface area (Å²) in [6.07, 6.45) is 1.51. The number of carbonyl (C=O) groups excluding carboxylic acids is 2. The number of piperazine rings is 1. The molecule has 1 fully saturated rings. The van der Waals surface area contributed by atoms with Gasteiger partial charge in [0.15, 0.2) is 12.3 Å². The van der Waals surface area contributed by atoms with E-state index in [2.05, 4.69) is 25.2 Å². The summed E-state index contributed by atoms with van der Waals surface area (Å²) < 4.78 is 5.19. The van der Waals surface area contributed by atoms with Gasteiger partial charge in [-0.05, 0) is 36.1 Å². The molecule has 2 heterocycles. The number of carbonyl (C=O) groups is 2. The summed E-state index contributed by atoms with van der Waals surface area (Å²) in [6, 6.07) is 9.52. The number of furan rings is 1. The van der Waals surface area contributed by atoms with E-state index in [1.807, 2.05) is 19.1 Å². The minimum absolute atomic E-state index is 0.0204. The van der Waals surface area contributed by atoms with Crippen LogP contribution < -0.4 is 10.2 Å². The molecule has 2 amide bonds. The summed E-state index contributed by atoms with van der Waals surface area (Å²) in [6.45, 7) is 9.46. The average molecular weight is 370 g/mol. The van der Waals surface area contributed by atoms with Crippen molar-refractivity contribution in [1.29, 1.82) is 0 Å². The van der Waals surface area contributed by atoms with Crippen molar-refractivity contribution >= 4 is 17.5 Å². The molecule has 6 nitrogen and oxygen atoms in total. The largest absolute Gasteiger partial charge is 0.459 e. The smallest absolute Gasteiger partial charge is 0.289 e. The quantitative estimate of drug-likeness (QED) is 0.842. The van der Waals surface area contributed by atoms with Crippen LogP contribution in [0.15, 0.2) is 41.0 Å². The highest BCUT2D eigenvalue weighted by Gasteiger charge is 2.27. The average Bonchev–Trinajstić information content (AvgIpc) is 3.18. The summed E-state index contributed by atoms with van der Waals surface area (Å²) in [5.41, 5.74) is 3.18. The second kappa shape index (κ2) is 8.39. The first-order valence-electron chi connectivity index (χ1n) is 9.51. The number of amides is 2. The van der Waals surface area contributed by atoms with Gasteiger partial charge in [0, 0.05) is 5.69 Å². The molecule has 6 heteroatoms. The van der Waals surface area contributed by atoms with E-state index in [0.29, 0.717) is 31.3 Å². The maximum Gasteiger partial charge on any atom is 0.289 e. The van der Waals surface area contributed by atoms with E-state index in [-0.39, 0.29) is 11.8 Å². The Hall–Kier alpha value is -2.60. The van der Waals surface area contributed by atoms with Crippen molar-refractivity contribution in [2.45, 2.75) is 26.7 Å². The Kier molecular flexibility index (Phi) is 5.96. The third-order valence-corrected chi connectivity index (χ3v) is 5.09. The first-order chi connectivity index (χ1) is 13.0. The lowest BCUT2D eigenvalue weighted by Crippen LogP contribution is -3.15. The van der Waals surface area contributed by atoms with Gasteiger partial charge in [0.25, 0.3) is 11.8 Å². The third kappa shape index (κ3) is 4.57. The summed E-state index contributed by atoms with van der Waals surface area (Å²) >= 11 is 0. The maximum atomic E-state index is 12.6. The van der Waals surface area contributed by atoms with Crippen LogP contribution in [0.2, 0.25) is 0 Å². The fourth-order valence-electron chi connectivity index (χ4n) is 3.51. The van der Waals surface area contributed by atoms with Gasteiger partial charge >= 0.3 is 0 Å². The Bertz CT molecular complexity index is 791. The van der Waals surface area contributed by atoms with Crippen LogP contribution in [-0.4, -0.2) is 49.4 Å². The van der Waals surface area contributed by atoms with Gasteiger partial charge in [-0.2, -0.15) is 0 Å². The monoisotopic (exact) mass is 370 g/mol. The number of aryl methyl sites for hydroxylation is 1. The van der Waals surface area contributed by atoms with Gasteiger partial charge < -0.3 is 19.5 Å². The predicted octanol–water partition coefficient (Wildman–Crippen LogP) is 1.69. The van der Waals surface area contributed by atoms with Crippen LogP contribution in [-0.2, 0) is 4.79 Å². The topological polar surface area (TPSA) is 67.0 Å². The normalized spacial score (nSPS) is 15.2. The van der Waals surface area contributed by atoms with E-state index in [4.69, 9.17) is 4.42 Å². The standard InChI is InChI=1S/C21H27N3O3/c1-15(2)17-7-4-6-16(3)20(17)22-19(25)14-23-9-11-24(12-10-23)21(26)18-8-5-13-27-18/h4-8,13,15H,9-12,14H2,1-3H3,(H,22,25)/p+1. The van der Waals surface area contributed by atoms with Crippen LogP contribution in [0.1, 0.15) is 41.4 Å². The van der Waals surface area contributed by atoms with Crippen LogP contribution in [0.3, 0.4) is 0 Å². The van der Waals surface area contributed by atoms with Gasteiger partial charge in [-0.25, -0.2) is 0 Å². The number of nitrogens with zero attached hydrogens (tertiary/aromatic N) is 1. The van der Waals surface area contributed by atoms with E-state index in [9.17, 15) is 9.59 Å². The number of hydrogen-bond acceptors (Lipinski definition) is 3. The molecule has 0 spiro atoms. The highest BCUT2D eigenvalue weighted by atomic mass is 16.3. The van der Waals surface area contributed by atoms with Gasteiger partial charge in [0.1, 0.15) is 0 Å². The molecule has 1 saturated heterocycles. The molecule has 0 unspecified atom stereocenters. The molecule has 3 rings (SSSR count). The van der Waals surface area contributed by atoms with Crippen molar-refractivity contribution in [3.63, 3.8) is 0 Å². The highest BCUT2D eigenvalue weighted by molar-refractivity contribution is 5.93. The molecule has 1 aliphatic heterocycles. The lowest BCUT2D eigenvalue weighted by atomic mass is 9.98. The minimum atomic E-state index is -0.0787. The van der Waals surface area contributed by atoms with E-state index in [0.717, 1.165) is 29.9 Å². The number of nitrogens with one attached hydrogen (secondary N) is 2. The van der Waals surface area contributed by atoms with E-state index in [1.165, 1.54) is 11.2 Å². The molecule has 0 bridgehead atoms. The molecule has 0 aliphatic carbocycles. The van der Waals surface area contributed by atoms with Crippen molar-refractivity contribution in [3.8, 4) is 0 Å².